The van der Waals surface area contributed by atoms with Crippen molar-refractivity contribution in [3.05, 3.63) is 40.1 Å². The lowest BCUT2D eigenvalue weighted by Gasteiger charge is -2.26. The number of alkyl halides is 3. The van der Waals surface area contributed by atoms with E-state index in [0.717, 1.165) is 12.3 Å². The monoisotopic (exact) mass is 293 g/mol. The van der Waals surface area contributed by atoms with Gasteiger partial charge in [0, 0.05) is 11.8 Å². The second-order valence-electron chi connectivity index (χ2n) is 3.83. The number of hydrogen-bond acceptors (Lipinski definition) is 3. The van der Waals surface area contributed by atoms with Gasteiger partial charge in [-0.2, -0.15) is 13.2 Å². The molecule has 0 spiro atoms. The van der Waals surface area contributed by atoms with Crippen LogP contribution in [0.2, 0.25) is 5.02 Å². The third-order valence-electron chi connectivity index (χ3n) is 2.69. The zero-order chi connectivity index (χ0) is 14.4. The van der Waals surface area contributed by atoms with Crippen LogP contribution in [-0.2, 0) is 11.0 Å². The number of aliphatic carboxylic acids is 1. The average molecular weight is 294 g/mol. The van der Waals surface area contributed by atoms with Gasteiger partial charge in [0.2, 0.25) is 0 Å². The summed E-state index contributed by atoms with van der Waals surface area (Å²) in [6.07, 6.45) is -5.70. The van der Waals surface area contributed by atoms with Gasteiger partial charge in [0.25, 0.3) is 0 Å². The Morgan fingerprint density at radius 3 is 2.53 bits per heavy atom. The highest BCUT2D eigenvalue weighted by atomic mass is 35.5. The van der Waals surface area contributed by atoms with Gasteiger partial charge in [-0.3, -0.25) is 0 Å². The maximum atomic E-state index is 12.9. The van der Waals surface area contributed by atoms with Crippen molar-refractivity contribution in [2.75, 3.05) is 5.32 Å². The minimum absolute atomic E-state index is 0.0391. The molecular weight excluding hydrogens is 287 g/mol. The molecule has 0 bridgehead atoms. The van der Waals surface area contributed by atoms with Crippen LogP contribution in [0.15, 0.2) is 23.9 Å². The number of carboxylic acid groups (broad SMARTS) is 1. The van der Waals surface area contributed by atoms with E-state index in [9.17, 15) is 23.1 Å². The number of halogens is 4. The molecule has 0 aliphatic carbocycles. The largest absolute Gasteiger partial charge is 0.478 e. The van der Waals surface area contributed by atoms with Crippen LogP contribution in [0.25, 0.3) is 0 Å². The molecule has 0 saturated carbocycles. The molecule has 4 nitrogen and oxygen atoms in total. The lowest BCUT2D eigenvalue weighted by molar-refractivity contribution is -0.140. The van der Waals surface area contributed by atoms with Crippen molar-refractivity contribution in [2.24, 2.45) is 0 Å². The number of nitrogens with one attached hydrogen (secondary N) is 1. The molecule has 0 aromatic heterocycles. The van der Waals surface area contributed by atoms with E-state index in [-0.39, 0.29) is 10.7 Å². The van der Waals surface area contributed by atoms with Crippen molar-refractivity contribution < 1.29 is 28.2 Å². The van der Waals surface area contributed by atoms with Crippen LogP contribution in [-0.4, -0.2) is 16.2 Å². The summed E-state index contributed by atoms with van der Waals surface area (Å²) in [5.74, 6) is -1.52. The maximum Gasteiger partial charge on any atom is 0.416 e. The number of carbonyl (C=O) groups is 1. The van der Waals surface area contributed by atoms with Crippen molar-refractivity contribution in [3.63, 3.8) is 0 Å². The molecule has 0 radical (unpaired) electrons. The first-order valence-corrected chi connectivity index (χ1v) is 5.39. The lowest BCUT2D eigenvalue weighted by atomic mass is 9.92. The number of hydrogen-bond donors (Lipinski definition) is 3. The smallest absolute Gasteiger partial charge is 0.416 e. The Hall–Kier alpha value is -1.73. The van der Waals surface area contributed by atoms with Crippen LogP contribution in [0, 0.1) is 0 Å². The number of benzene rings is 1. The lowest BCUT2D eigenvalue weighted by Crippen LogP contribution is -2.22. The maximum absolute atomic E-state index is 12.9. The molecule has 1 aliphatic heterocycles. The third-order valence-corrected chi connectivity index (χ3v) is 3.00. The molecule has 2 rings (SSSR count). The van der Waals surface area contributed by atoms with E-state index in [2.05, 4.69) is 5.32 Å². The fourth-order valence-electron chi connectivity index (χ4n) is 1.83. The summed E-state index contributed by atoms with van der Waals surface area (Å²) in [5.41, 5.74) is -2.44. The highest BCUT2D eigenvalue weighted by Crippen LogP contribution is 2.45. The molecule has 0 saturated heterocycles. The normalized spacial score (nSPS) is 18.4. The van der Waals surface area contributed by atoms with Crippen LogP contribution in [0.1, 0.15) is 17.2 Å². The Bertz CT molecular complexity index is 583. The van der Waals surface area contributed by atoms with Gasteiger partial charge in [-0.15, -0.1) is 0 Å². The van der Waals surface area contributed by atoms with Crippen molar-refractivity contribution in [1.29, 1.82) is 0 Å². The average Bonchev–Trinajstić information content (AvgIpc) is 2.28. The van der Waals surface area contributed by atoms with Crippen molar-refractivity contribution >= 4 is 23.3 Å². The molecule has 1 atom stereocenters. The molecule has 1 aromatic carbocycles. The van der Waals surface area contributed by atoms with Crippen LogP contribution < -0.4 is 5.32 Å². The first-order valence-electron chi connectivity index (χ1n) is 5.01. The zero-order valence-corrected chi connectivity index (χ0v) is 9.88. The van der Waals surface area contributed by atoms with Gasteiger partial charge < -0.3 is 15.5 Å². The predicted octanol–water partition coefficient (Wildman–Crippen LogP) is 2.79. The van der Waals surface area contributed by atoms with Crippen molar-refractivity contribution in [2.45, 2.75) is 12.3 Å². The molecular formula is C11H7ClF3NO3. The summed E-state index contributed by atoms with van der Waals surface area (Å²) in [6.45, 7) is 0. The Morgan fingerprint density at radius 2 is 2.00 bits per heavy atom. The van der Waals surface area contributed by atoms with E-state index in [4.69, 9.17) is 16.7 Å². The number of anilines is 1. The minimum Gasteiger partial charge on any atom is -0.478 e. The summed E-state index contributed by atoms with van der Waals surface area (Å²) in [5, 5.41) is 21.0. The number of aliphatic hydroxyl groups is 1. The molecule has 0 amide bonds. The van der Waals surface area contributed by atoms with Gasteiger partial charge in [0.05, 0.1) is 21.8 Å². The van der Waals surface area contributed by atoms with Gasteiger partial charge >= 0.3 is 12.1 Å². The summed E-state index contributed by atoms with van der Waals surface area (Å²) < 4.78 is 38.6. The number of rotatable bonds is 1. The van der Waals surface area contributed by atoms with Crippen LogP contribution in [0.5, 0.6) is 0 Å². The summed E-state index contributed by atoms with van der Waals surface area (Å²) in [4.78, 5) is 10.8. The summed E-state index contributed by atoms with van der Waals surface area (Å²) >= 11 is 5.74. The standard InChI is InChI=1S/C11H7ClF3NO3/c12-6-2-1-5(11(13,14)15)7-8(6)16-3-4(9(7)17)10(18)19/h1-3,9,16-17H,(H,18,19). The molecule has 1 unspecified atom stereocenters. The van der Waals surface area contributed by atoms with Crippen LogP contribution in [0.3, 0.4) is 0 Å². The topological polar surface area (TPSA) is 69.6 Å². The molecule has 102 valence electrons. The molecule has 0 fully saturated rings. The number of carboxylic acids is 1. The molecule has 1 heterocycles. The van der Waals surface area contributed by atoms with Gasteiger partial charge in [-0.1, -0.05) is 11.6 Å². The van der Waals surface area contributed by atoms with E-state index >= 15 is 0 Å². The van der Waals surface area contributed by atoms with Crippen molar-refractivity contribution in [1.82, 2.24) is 0 Å². The van der Waals surface area contributed by atoms with Gasteiger partial charge in [-0.25, -0.2) is 4.79 Å². The molecule has 1 aromatic rings. The predicted molar refractivity (Wildman–Crippen MR) is 60.8 cm³/mol. The summed E-state index contributed by atoms with van der Waals surface area (Å²) in [7, 11) is 0. The Labute approximate surface area is 110 Å². The van der Waals surface area contributed by atoms with E-state index in [0.29, 0.717) is 6.07 Å². The molecule has 3 N–H and O–H groups in total. The SMILES string of the molecule is O=C(O)C1=CNc2c(Cl)ccc(C(F)(F)F)c2C1O. The zero-order valence-electron chi connectivity index (χ0n) is 9.12. The fraction of sp³-hybridized carbons (Fsp3) is 0.182. The molecule has 1 aliphatic rings. The van der Waals surface area contributed by atoms with E-state index in [1.165, 1.54) is 0 Å². The van der Waals surface area contributed by atoms with Crippen molar-refractivity contribution in [3.8, 4) is 0 Å². The highest BCUT2D eigenvalue weighted by Gasteiger charge is 2.40. The van der Waals surface area contributed by atoms with E-state index in [1.54, 1.807) is 0 Å². The molecule has 19 heavy (non-hydrogen) atoms. The van der Waals surface area contributed by atoms with Gasteiger partial charge in [0.1, 0.15) is 6.10 Å². The first kappa shape index (κ1) is 13.7. The van der Waals surface area contributed by atoms with Gasteiger partial charge in [0.15, 0.2) is 0 Å². The fourth-order valence-corrected chi connectivity index (χ4v) is 2.05. The van der Waals surface area contributed by atoms with Gasteiger partial charge in [-0.05, 0) is 12.1 Å². The Kier molecular flexibility index (Phi) is 3.19. The first-order chi connectivity index (χ1) is 8.73. The quantitative estimate of drug-likeness (QED) is 0.745. The van der Waals surface area contributed by atoms with Crippen LogP contribution in [0.4, 0.5) is 18.9 Å². The highest BCUT2D eigenvalue weighted by molar-refractivity contribution is 6.33. The van der Waals surface area contributed by atoms with E-state index < -0.39 is 34.9 Å². The third kappa shape index (κ3) is 2.26. The molecule has 8 heteroatoms. The number of aliphatic hydroxyl groups excluding tert-OH is 1. The second-order valence-corrected chi connectivity index (χ2v) is 4.24. The minimum atomic E-state index is -4.72. The Balaban J connectivity index is 2.67. The number of fused-ring (bicyclic) bond motifs is 1. The summed E-state index contributed by atoms with van der Waals surface area (Å²) in [6, 6.07) is 1.74. The van der Waals surface area contributed by atoms with Crippen LogP contribution >= 0.6 is 11.6 Å². The second kappa shape index (κ2) is 4.43. The Morgan fingerprint density at radius 1 is 1.37 bits per heavy atom. The van der Waals surface area contributed by atoms with E-state index in [1.807, 2.05) is 0 Å².